The second kappa shape index (κ2) is 14.0. The highest BCUT2D eigenvalue weighted by Crippen LogP contribution is 2.19. The van der Waals surface area contributed by atoms with Gasteiger partial charge in [0, 0.05) is 52.2 Å². The molecule has 0 spiro atoms. The monoisotopic (exact) mass is 491 g/mol. The van der Waals surface area contributed by atoms with E-state index in [2.05, 4.69) is 47.1 Å². The fourth-order valence-corrected chi connectivity index (χ4v) is 3.70. The predicted octanol–water partition coefficient (Wildman–Crippen LogP) is 2.47. The van der Waals surface area contributed by atoms with Gasteiger partial charge >= 0.3 is 0 Å². The first kappa shape index (κ1) is 25.9. The quantitative estimate of drug-likeness (QED) is 0.213. The average molecular weight is 491 g/mol. The van der Waals surface area contributed by atoms with Crippen LogP contribution in [0.3, 0.4) is 0 Å². The van der Waals surface area contributed by atoms with Crippen molar-refractivity contribution in [1.29, 1.82) is 0 Å². The molecule has 1 aliphatic rings. The Hall–Kier alpha value is -1.09. The van der Waals surface area contributed by atoms with Gasteiger partial charge in [0.2, 0.25) is 5.91 Å². The van der Waals surface area contributed by atoms with Crippen molar-refractivity contribution in [2.24, 2.45) is 22.6 Å². The molecule has 0 aromatic carbocycles. The van der Waals surface area contributed by atoms with Crippen LogP contribution in [0.2, 0.25) is 0 Å². The van der Waals surface area contributed by atoms with Crippen molar-refractivity contribution in [3.05, 3.63) is 25.3 Å². The fraction of sp³-hybridized carbons (Fsp3) is 0.700. The van der Waals surface area contributed by atoms with Crippen molar-refractivity contribution in [2.45, 2.75) is 39.2 Å². The lowest BCUT2D eigenvalue weighted by Gasteiger charge is -2.37. The first-order valence-corrected chi connectivity index (χ1v) is 9.62. The van der Waals surface area contributed by atoms with E-state index in [1.54, 1.807) is 0 Å². The summed E-state index contributed by atoms with van der Waals surface area (Å²) in [5.41, 5.74) is 5.37. The van der Waals surface area contributed by atoms with Crippen LogP contribution in [-0.4, -0.2) is 67.5 Å². The van der Waals surface area contributed by atoms with Gasteiger partial charge < -0.3 is 16.0 Å². The fourth-order valence-electron chi connectivity index (χ4n) is 3.70. The van der Waals surface area contributed by atoms with Crippen molar-refractivity contribution in [3.8, 4) is 0 Å². The van der Waals surface area contributed by atoms with E-state index in [1.807, 2.05) is 19.2 Å². The van der Waals surface area contributed by atoms with E-state index in [1.165, 1.54) is 0 Å². The summed E-state index contributed by atoms with van der Waals surface area (Å²) in [6.45, 7) is 16.5. The van der Waals surface area contributed by atoms with E-state index in [9.17, 15) is 4.79 Å². The van der Waals surface area contributed by atoms with Gasteiger partial charge in [0.25, 0.3) is 0 Å². The minimum Gasteiger partial charge on any atom is -0.370 e. The van der Waals surface area contributed by atoms with Crippen LogP contribution >= 0.6 is 24.0 Å². The average Bonchev–Trinajstić information content (AvgIpc) is 2.58. The van der Waals surface area contributed by atoms with E-state index < -0.39 is 0 Å². The second-order valence-corrected chi connectivity index (χ2v) is 7.40. The van der Waals surface area contributed by atoms with Gasteiger partial charge in [-0.15, -0.1) is 37.1 Å². The molecule has 0 radical (unpaired) electrons. The molecule has 2 atom stereocenters. The molecule has 1 amide bonds. The Labute approximate surface area is 182 Å². The van der Waals surface area contributed by atoms with Gasteiger partial charge in [-0.25, -0.2) is 0 Å². The van der Waals surface area contributed by atoms with Crippen molar-refractivity contribution in [1.82, 2.24) is 15.1 Å². The molecule has 3 N–H and O–H groups in total. The number of likely N-dealkylation sites (tertiary alicyclic amines) is 1. The maximum atomic E-state index is 11.2. The maximum Gasteiger partial charge on any atom is 0.217 e. The topological polar surface area (TPSA) is 74.0 Å². The molecule has 27 heavy (non-hydrogen) atoms. The summed E-state index contributed by atoms with van der Waals surface area (Å²) in [5, 5.41) is 3.54. The largest absolute Gasteiger partial charge is 0.370 e. The number of aliphatic imine (C=N–C) groups is 1. The van der Waals surface area contributed by atoms with E-state index in [0.29, 0.717) is 24.3 Å². The first-order chi connectivity index (χ1) is 12.4. The molecule has 7 heteroatoms. The molecule has 1 saturated heterocycles. The minimum atomic E-state index is -0.218. The van der Waals surface area contributed by atoms with Crippen LogP contribution in [0, 0.1) is 11.8 Å². The van der Waals surface area contributed by atoms with E-state index in [0.717, 1.165) is 51.5 Å². The Balaban J connectivity index is 0.00000676. The van der Waals surface area contributed by atoms with Crippen LogP contribution in [0.5, 0.6) is 0 Å². The SMILES string of the molecule is C=CCN(CC=C)C(CNC(=NC)N1CCCC(CC(N)=O)C1)C(C)C.I. The molecule has 1 aliphatic heterocycles. The number of carbonyl (C=O) groups is 1. The van der Waals surface area contributed by atoms with Gasteiger partial charge in [0.15, 0.2) is 5.96 Å². The summed E-state index contributed by atoms with van der Waals surface area (Å²) in [7, 11) is 1.82. The number of nitrogens with zero attached hydrogens (tertiary/aromatic N) is 3. The van der Waals surface area contributed by atoms with Crippen molar-refractivity contribution < 1.29 is 4.79 Å². The third-order valence-electron chi connectivity index (χ3n) is 4.96. The summed E-state index contributed by atoms with van der Waals surface area (Å²) < 4.78 is 0. The highest BCUT2D eigenvalue weighted by atomic mass is 127. The lowest BCUT2D eigenvalue weighted by Crippen LogP contribution is -2.52. The number of primary amides is 1. The van der Waals surface area contributed by atoms with Crippen LogP contribution in [0.15, 0.2) is 30.3 Å². The number of hydrogen-bond donors (Lipinski definition) is 2. The molecule has 6 nitrogen and oxygen atoms in total. The molecule has 0 aliphatic carbocycles. The van der Waals surface area contributed by atoms with Crippen LogP contribution in [-0.2, 0) is 4.79 Å². The van der Waals surface area contributed by atoms with Crippen LogP contribution in [0.25, 0.3) is 0 Å². The third-order valence-corrected chi connectivity index (χ3v) is 4.96. The Morgan fingerprint density at radius 1 is 1.37 bits per heavy atom. The number of rotatable bonds is 10. The molecule has 156 valence electrons. The molecule has 0 aromatic rings. The number of carbonyl (C=O) groups excluding carboxylic acids is 1. The number of nitrogens with two attached hydrogens (primary N) is 1. The number of hydrogen-bond acceptors (Lipinski definition) is 3. The van der Waals surface area contributed by atoms with Crippen LogP contribution in [0.4, 0.5) is 0 Å². The second-order valence-electron chi connectivity index (χ2n) is 7.40. The highest BCUT2D eigenvalue weighted by Gasteiger charge is 2.25. The molecule has 0 saturated carbocycles. The Kier molecular flexibility index (Phi) is 13.4. The van der Waals surface area contributed by atoms with Crippen molar-refractivity contribution in [3.63, 3.8) is 0 Å². The smallest absolute Gasteiger partial charge is 0.217 e. The molecular weight excluding hydrogens is 453 g/mol. The summed E-state index contributed by atoms with van der Waals surface area (Å²) in [5.74, 6) is 1.49. The summed E-state index contributed by atoms with van der Waals surface area (Å²) in [6.07, 6.45) is 6.44. The Morgan fingerprint density at radius 2 is 2.00 bits per heavy atom. The number of nitrogens with one attached hydrogen (secondary N) is 1. The van der Waals surface area contributed by atoms with E-state index in [4.69, 9.17) is 5.73 Å². The zero-order chi connectivity index (χ0) is 19.5. The van der Waals surface area contributed by atoms with Gasteiger partial charge in [0.1, 0.15) is 0 Å². The lowest BCUT2D eigenvalue weighted by molar-refractivity contribution is -0.119. The van der Waals surface area contributed by atoms with Crippen molar-refractivity contribution in [2.75, 3.05) is 39.8 Å². The van der Waals surface area contributed by atoms with E-state index in [-0.39, 0.29) is 29.9 Å². The molecule has 2 unspecified atom stereocenters. The van der Waals surface area contributed by atoms with Crippen molar-refractivity contribution >= 4 is 35.8 Å². The number of amides is 1. The summed E-state index contributed by atoms with van der Waals surface area (Å²) >= 11 is 0. The highest BCUT2D eigenvalue weighted by molar-refractivity contribution is 14.0. The van der Waals surface area contributed by atoms with Gasteiger partial charge in [-0.05, 0) is 24.7 Å². The van der Waals surface area contributed by atoms with Gasteiger partial charge in [0.05, 0.1) is 0 Å². The molecular formula is C20H38IN5O. The summed E-state index contributed by atoms with van der Waals surface area (Å²) in [6, 6.07) is 0.356. The third kappa shape index (κ3) is 9.10. The number of guanidine groups is 1. The standard InChI is InChI=1S/C20H37N5O.HI/c1-6-10-24(11-7-2)18(16(3)4)14-23-20(22-5)25-12-8-9-17(15-25)13-19(21)26;/h6-7,16-18H,1-2,8-15H2,3-5H3,(H2,21,26)(H,22,23);1H. The molecule has 1 heterocycles. The number of halogens is 1. The Morgan fingerprint density at radius 3 is 2.48 bits per heavy atom. The zero-order valence-corrected chi connectivity index (χ0v) is 19.5. The lowest BCUT2D eigenvalue weighted by atomic mass is 9.95. The van der Waals surface area contributed by atoms with Crippen LogP contribution in [0.1, 0.15) is 33.1 Å². The van der Waals surface area contributed by atoms with Gasteiger partial charge in [-0.1, -0.05) is 26.0 Å². The normalized spacial score (nSPS) is 18.8. The predicted molar refractivity (Wildman–Crippen MR) is 125 cm³/mol. The first-order valence-electron chi connectivity index (χ1n) is 9.62. The maximum absolute atomic E-state index is 11.2. The molecule has 0 aromatic heterocycles. The van der Waals surface area contributed by atoms with Crippen LogP contribution < -0.4 is 11.1 Å². The molecule has 1 fully saturated rings. The zero-order valence-electron chi connectivity index (χ0n) is 17.2. The van der Waals surface area contributed by atoms with Gasteiger partial charge in [-0.2, -0.15) is 0 Å². The molecule has 0 bridgehead atoms. The van der Waals surface area contributed by atoms with Gasteiger partial charge in [-0.3, -0.25) is 14.7 Å². The summed E-state index contributed by atoms with van der Waals surface area (Å²) in [4.78, 5) is 20.3. The van der Waals surface area contributed by atoms with E-state index >= 15 is 0 Å². The minimum absolute atomic E-state index is 0. The molecule has 1 rings (SSSR count). The number of piperidine rings is 1. The Bertz CT molecular complexity index is 485.